The van der Waals surface area contributed by atoms with Crippen molar-refractivity contribution in [3.05, 3.63) is 83.5 Å². The number of aromatic nitrogens is 2. The molecule has 0 saturated carbocycles. The van der Waals surface area contributed by atoms with Crippen molar-refractivity contribution in [1.82, 2.24) is 14.9 Å². The molecule has 2 atom stereocenters. The lowest BCUT2D eigenvalue weighted by atomic mass is 9.96. The van der Waals surface area contributed by atoms with Crippen LogP contribution in [0.25, 0.3) is 0 Å². The van der Waals surface area contributed by atoms with E-state index >= 15 is 0 Å². The van der Waals surface area contributed by atoms with Crippen molar-refractivity contribution in [3.63, 3.8) is 0 Å². The summed E-state index contributed by atoms with van der Waals surface area (Å²) in [4.78, 5) is 11.7. The van der Waals surface area contributed by atoms with Crippen LogP contribution in [0.2, 0.25) is 0 Å². The van der Waals surface area contributed by atoms with Crippen molar-refractivity contribution >= 4 is 0 Å². The Hall–Kier alpha value is -2.26. The van der Waals surface area contributed by atoms with Gasteiger partial charge in [0.15, 0.2) is 0 Å². The second-order valence-corrected chi connectivity index (χ2v) is 6.86. The second-order valence-electron chi connectivity index (χ2n) is 6.86. The predicted molar refractivity (Wildman–Crippen MR) is 103 cm³/mol. The highest BCUT2D eigenvalue weighted by molar-refractivity contribution is 5.26. The molecular formula is C22H27N3. The number of benzene rings is 1. The molecule has 1 aliphatic rings. The maximum atomic E-state index is 4.72. The number of nitrogens with zero attached hydrogens (tertiary/aromatic N) is 3. The van der Waals surface area contributed by atoms with E-state index < -0.39 is 0 Å². The topological polar surface area (TPSA) is 29.0 Å². The average molecular weight is 333 g/mol. The zero-order valence-corrected chi connectivity index (χ0v) is 15.4. The number of allylic oxidation sites excluding steroid dienone is 3. The van der Waals surface area contributed by atoms with Crippen LogP contribution in [0.1, 0.15) is 49.3 Å². The van der Waals surface area contributed by atoms with Crippen LogP contribution in [0.3, 0.4) is 0 Å². The third kappa shape index (κ3) is 4.43. The lowest BCUT2D eigenvalue weighted by Crippen LogP contribution is -2.35. The van der Waals surface area contributed by atoms with E-state index in [4.69, 9.17) is 4.98 Å². The molecule has 3 heteroatoms. The second kappa shape index (κ2) is 8.21. The summed E-state index contributed by atoms with van der Waals surface area (Å²) in [5.74, 6) is 0.873. The SMILES string of the molecule is Cc1ccnc([C@@H](c2ccccc2)N(C)[C@@H](C)CC2=CCC=CC2)n1. The Labute approximate surface area is 151 Å². The first-order chi connectivity index (χ1) is 12.1. The van der Waals surface area contributed by atoms with Crippen molar-refractivity contribution in [3.8, 4) is 0 Å². The van der Waals surface area contributed by atoms with Crippen LogP contribution in [0.15, 0.2) is 66.4 Å². The summed E-state index contributed by atoms with van der Waals surface area (Å²) in [6, 6.07) is 13.0. The Morgan fingerprint density at radius 1 is 1.12 bits per heavy atom. The van der Waals surface area contributed by atoms with Gasteiger partial charge in [0.2, 0.25) is 0 Å². The molecule has 0 saturated heterocycles. The first-order valence-corrected chi connectivity index (χ1v) is 9.04. The van der Waals surface area contributed by atoms with Gasteiger partial charge in [-0.2, -0.15) is 0 Å². The number of aryl methyl sites for hydroxylation is 1. The van der Waals surface area contributed by atoms with Gasteiger partial charge in [-0.3, -0.25) is 4.90 Å². The summed E-state index contributed by atoms with van der Waals surface area (Å²) in [5, 5.41) is 0. The predicted octanol–water partition coefficient (Wildman–Crippen LogP) is 4.86. The molecular weight excluding hydrogens is 306 g/mol. The Morgan fingerprint density at radius 2 is 1.92 bits per heavy atom. The van der Waals surface area contributed by atoms with E-state index in [9.17, 15) is 0 Å². The molecule has 3 rings (SSSR count). The van der Waals surface area contributed by atoms with E-state index in [1.54, 1.807) is 0 Å². The summed E-state index contributed by atoms with van der Waals surface area (Å²) >= 11 is 0. The van der Waals surface area contributed by atoms with Gasteiger partial charge in [0.1, 0.15) is 5.82 Å². The standard InChI is InChI=1S/C22H27N3/c1-17-14-15-23-22(24-17)21(20-12-8-5-9-13-20)25(3)18(2)16-19-10-6-4-7-11-19/h4-6,8-9,11-15,18,21H,7,10,16H2,1-3H3/t18-,21+/m0/s1. The fourth-order valence-corrected chi connectivity index (χ4v) is 3.40. The van der Waals surface area contributed by atoms with Gasteiger partial charge < -0.3 is 0 Å². The molecule has 0 spiro atoms. The van der Waals surface area contributed by atoms with E-state index in [-0.39, 0.29) is 6.04 Å². The van der Waals surface area contributed by atoms with Crippen molar-refractivity contribution in [2.24, 2.45) is 0 Å². The average Bonchev–Trinajstić information content (AvgIpc) is 2.64. The third-order valence-corrected chi connectivity index (χ3v) is 4.92. The molecule has 2 aromatic rings. The van der Waals surface area contributed by atoms with Gasteiger partial charge in [-0.1, -0.05) is 54.1 Å². The van der Waals surface area contributed by atoms with Gasteiger partial charge in [0, 0.05) is 17.9 Å². The van der Waals surface area contributed by atoms with Crippen LogP contribution in [0, 0.1) is 6.92 Å². The molecule has 1 heterocycles. The van der Waals surface area contributed by atoms with Crippen LogP contribution >= 0.6 is 0 Å². The molecule has 1 aromatic heterocycles. The fourth-order valence-electron chi connectivity index (χ4n) is 3.40. The zero-order chi connectivity index (χ0) is 17.6. The van der Waals surface area contributed by atoms with Crippen LogP contribution in [0.5, 0.6) is 0 Å². The lowest BCUT2D eigenvalue weighted by Gasteiger charge is -2.33. The smallest absolute Gasteiger partial charge is 0.150 e. The summed E-state index contributed by atoms with van der Waals surface area (Å²) in [6.07, 6.45) is 12.0. The lowest BCUT2D eigenvalue weighted by molar-refractivity contribution is 0.202. The van der Waals surface area contributed by atoms with E-state index in [0.29, 0.717) is 6.04 Å². The van der Waals surface area contributed by atoms with Crippen LogP contribution in [0.4, 0.5) is 0 Å². The van der Waals surface area contributed by atoms with E-state index in [0.717, 1.165) is 30.8 Å². The van der Waals surface area contributed by atoms with Crippen molar-refractivity contribution < 1.29 is 0 Å². The van der Waals surface area contributed by atoms with Crippen molar-refractivity contribution in [2.45, 2.75) is 45.2 Å². The monoisotopic (exact) mass is 333 g/mol. The summed E-state index contributed by atoms with van der Waals surface area (Å²) in [7, 11) is 2.19. The summed E-state index contributed by atoms with van der Waals surface area (Å²) in [5.41, 5.74) is 3.77. The summed E-state index contributed by atoms with van der Waals surface area (Å²) < 4.78 is 0. The minimum atomic E-state index is 0.0656. The molecule has 1 aromatic carbocycles. The highest BCUT2D eigenvalue weighted by Crippen LogP contribution is 2.29. The molecule has 3 nitrogen and oxygen atoms in total. The highest BCUT2D eigenvalue weighted by atomic mass is 15.2. The number of hydrogen-bond donors (Lipinski definition) is 0. The van der Waals surface area contributed by atoms with Crippen molar-refractivity contribution in [1.29, 1.82) is 0 Å². The molecule has 0 fully saturated rings. The maximum absolute atomic E-state index is 4.72. The molecule has 0 radical (unpaired) electrons. The van der Waals surface area contributed by atoms with E-state index in [1.165, 1.54) is 11.1 Å². The molecule has 130 valence electrons. The minimum absolute atomic E-state index is 0.0656. The maximum Gasteiger partial charge on any atom is 0.150 e. The molecule has 0 bridgehead atoms. The normalized spacial score (nSPS) is 16.6. The summed E-state index contributed by atoms with van der Waals surface area (Å²) in [6.45, 7) is 4.32. The molecule has 1 aliphatic carbocycles. The molecule has 0 aliphatic heterocycles. The fraction of sp³-hybridized carbons (Fsp3) is 0.364. The molecule has 0 N–H and O–H groups in total. The first kappa shape index (κ1) is 17.6. The van der Waals surface area contributed by atoms with Gasteiger partial charge in [-0.05, 0) is 51.8 Å². The van der Waals surface area contributed by atoms with E-state index in [1.807, 2.05) is 19.2 Å². The van der Waals surface area contributed by atoms with Crippen LogP contribution in [-0.2, 0) is 0 Å². The highest BCUT2D eigenvalue weighted by Gasteiger charge is 2.26. The molecule has 0 unspecified atom stereocenters. The Kier molecular flexibility index (Phi) is 5.77. The minimum Gasteiger partial charge on any atom is -0.290 e. The Balaban J connectivity index is 1.87. The quantitative estimate of drug-likeness (QED) is 0.707. The first-order valence-electron chi connectivity index (χ1n) is 9.04. The van der Waals surface area contributed by atoms with Gasteiger partial charge in [0.25, 0.3) is 0 Å². The Bertz CT molecular complexity index is 749. The Morgan fingerprint density at radius 3 is 2.60 bits per heavy atom. The largest absolute Gasteiger partial charge is 0.290 e. The third-order valence-electron chi connectivity index (χ3n) is 4.92. The van der Waals surface area contributed by atoms with Gasteiger partial charge in [-0.25, -0.2) is 9.97 Å². The van der Waals surface area contributed by atoms with Gasteiger partial charge >= 0.3 is 0 Å². The van der Waals surface area contributed by atoms with Crippen LogP contribution in [-0.4, -0.2) is 28.0 Å². The van der Waals surface area contributed by atoms with Gasteiger partial charge in [-0.15, -0.1) is 0 Å². The van der Waals surface area contributed by atoms with E-state index in [2.05, 4.69) is 72.4 Å². The molecule has 0 amide bonds. The van der Waals surface area contributed by atoms with Crippen LogP contribution < -0.4 is 0 Å². The number of hydrogen-bond acceptors (Lipinski definition) is 3. The number of rotatable bonds is 6. The van der Waals surface area contributed by atoms with Crippen molar-refractivity contribution in [2.75, 3.05) is 7.05 Å². The molecule has 25 heavy (non-hydrogen) atoms. The van der Waals surface area contributed by atoms with Gasteiger partial charge in [0.05, 0.1) is 6.04 Å². The zero-order valence-electron chi connectivity index (χ0n) is 15.4.